The standard InChI is InChI=1S/C19H20N2O2/c20-11-10-17-8-4-5-9-18(17)14-19(23)21(12-13-22)15-16-6-2-1-3-7-16/h1-9,22H,10,12-15H2. The predicted octanol–water partition coefficient (Wildman–Crippen LogP) is 2.32. The number of carbonyl (C=O) groups is 1. The number of hydrogen-bond acceptors (Lipinski definition) is 3. The highest BCUT2D eigenvalue weighted by atomic mass is 16.3. The van der Waals surface area contributed by atoms with Crippen LogP contribution >= 0.6 is 0 Å². The van der Waals surface area contributed by atoms with Crippen LogP contribution in [0, 0.1) is 11.3 Å². The van der Waals surface area contributed by atoms with Gasteiger partial charge in [-0.15, -0.1) is 0 Å². The molecule has 0 aliphatic heterocycles. The molecule has 0 fully saturated rings. The van der Waals surface area contributed by atoms with Crippen LogP contribution in [0.5, 0.6) is 0 Å². The summed E-state index contributed by atoms with van der Waals surface area (Å²) in [6.45, 7) is 0.702. The Morgan fingerprint density at radius 3 is 2.35 bits per heavy atom. The highest BCUT2D eigenvalue weighted by molar-refractivity contribution is 5.79. The number of benzene rings is 2. The van der Waals surface area contributed by atoms with Gasteiger partial charge in [0.25, 0.3) is 0 Å². The number of carbonyl (C=O) groups excluding carboxylic acids is 1. The third kappa shape index (κ3) is 4.94. The fourth-order valence-electron chi connectivity index (χ4n) is 2.48. The van der Waals surface area contributed by atoms with Crippen molar-refractivity contribution < 1.29 is 9.90 Å². The summed E-state index contributed by atoms with van der Waals surface area (Å²) < 4.78 is 0. The molecule has 1 amide bonds. The fraction of sp³-hybridized carbons (Fsp3) is 0.263. The van der Waals surface area contributed by atoms with E-state index in [1.807, 2.05) is 54.6 Å². The van der Waals surface area contributed by atoms with Gasteiger partial charge in [-0.25, -0.2) is 0 Å². The molecule has 0 aliphatic rings. The average Bonchev–Trinajstić information content (AvgIpc) is 2.57. The largest absolute Gasteiger partial charge is 0.395 e. The summed E-state index contributed by atoms with van der Waals surface area (Å²) in [5, 5.41) is 18.1. The van der Waals surface area contributed by atoms with Crippen LogP contribution in [0.4, 0.5) is 0 Å². The number of nitrogens with zero attached hydrogens (tertiary/aromatic N) is 2. The number of amides is 1. The Hall–Kier alpha value is -2.64. The molecule has 2 rings (SSSR count). The monoisotopic (exact) mass is 308 g/mol. The van der Waals surface area contributed by atoms with Gasteiger partial charge in [-0.2, -0.15) is 5.26 Å². The first-order chi connectivity index (χ1) is 11.2. The van der Waals surface area contributed by atoms with Crippen molar-refractivity contribution in [1.82, 2.24) is 4.90 Å². The Kier molecular flexibility index (Phi) is 6.34. The zero-order chi connectivity index (χ0) is 16.5. The van der Waals surface area contributed by atoms with E-state index in [9.17, 15) is 9.90 Å². The summed E-state index contributed by atoms with van der Waals surface area (Å²) >= 11 is 0. The topological polar surface area (TPSA) is 64.3 Å². The van der Waals surface area contributed by atoms with Gasteiger partial charge in [0.1, 0.15) is 0 Å². The van der Waals surface area contributed by atoms with Crippen molar-refractivity contribution >= 4 is 5.91 Å². The molecule has 118 valence electrons. The maximum Gasteiger partial charge on any atom is 0.227 e. The number of rotatable bonds is 7. The molecule has 0 bridgehead atoms. The molecule has 0 heterocycles. The van der Waals surface area contributed by atoms with E-state index in [1.54, 1.807) is 4.90 Å². The summed E-state index contributed by atoms with van der Waals surface area (Å²) in [5.74, 6) is -0.0479. The van der Waals surface area contributed by atoms with Crippen LogP contribution < -0.4 is 0 Å². The molecule has 2 aromatic carbocycles. The molecule has 0 saturated carbocycles. The van der Waals surface area contributed by atoms with Gasteiger partial charge in [-0.3, -0.25) is 4.79 Å². The molecular weight excluding hydrogens is 288 g/mol. The molecule has 4 heteroatoms. The van der Waals surface area contributed by atoms with Crippen molar-refractivity contribution in [3.05, 3.63) is 71.3 Å². The van der Waals surface area contributed by atoms with Crippen LogP contribution in [0.15, 0.2) is 54.6 Å². The SMILES string of the molecule is N#CCc1ccccc1CC(=O)N(CCO)Cc1ccccc1. The first-order valence-corrected chi connectivity index (χ1v) is 7.61. The van der Waals surface area contributed by atoms with Crippen molar-refractivity contribution in [2.75, 3.05) is 13.2 Å². The molecule has 0 unspecified atom stereocenters. The third-order valence-corrected chi connectivity index (χ3v) is 3.67. The number of hydrogen-bond donors (Lipinski definition) is 1. The van der Waals surface area contributed by atoms with Crippen LogP contribution in [-0.4, -0.2) is 29.1 Å². The minimum Gasteiger partial charge on any atom is -0.395 e. The number of aliphatic hydroxyl groups is 1. The summed E-state index contributed by atoms with van der Waals surface area (Å²) in [6, 6.07) is 19.3. The van der Waals surface area contributed by atoms with Crippen molar-refractivity contribution in [2.45, 2.75) is 19.4 Å². The second-order valence-electron chi connectivity index (χ2n) is 5.30. The lowest BCUT2D eigenvalue weighted by molar-refractivity contribution is -0.131. The predicted molar refractivity (Wildman–Crippen MR) is 88.4 cm³/mol. The Morgan fingerprint density at radius 2 is 1.70 bits per heavy atom. The zero-order valence-corrected chi connectivity index (χ0v) is 13.0. The Balaban J connectivity index is 2.11. The molecule has 4 nitrogen and oxygen atoms in total. The lowest BCUT2D eigenvalue weighted by atomic mass is 10.0. The maximum atomic E-state index is 12.6. The van der Waals surface area contributed by atoms with Crippen molar-refractivity contribution in [3.8, 4) is 6.07 Å². The molecule has 0 spiro atoms. The Morgan fingerprint density at radius 1 is 1.04 bits per heavy atom. The van der Waals surface area contributed by atoms with Gasteiger partial charge < -0.3 is 10.0 Å². The van der Waals surface area contributed by atoms with Gasteiger partial charge in [0.2, 0.25) is 5.91 Å². The Bertz CT molecular complexity index is 677. The molecular formula is C19H20N2O2. The van der Waals surface area contributed by atoms with Crippen molar-refractivity contribution in [2.24, 2.45) is 0 Å². The fourth-order valence-corrected chi connectivity index (χ4v) is 2.48. The van der Waals surface area contributed by atoms with E-state index in [-0.39, 0.29) is 18.9 Å². The second-order valence-corrected chi connectivity index (χ2v) is 5.30. The first kappa shape index (κ1) is 16.7. The molecule has 0 saturated heterocycles. The Labute approximate surface area is 136 Å². The van der Waals surface area contributed by atoms with Crippen molar-refractivity contribution in [3.63, 3.8) is 0 Å². The maximum absolute atomic E-state index is 12.6. The summed E-state index contributed by atoms with van der Waals surface area (Å²) in [5.41, 5.74) is 2.78. The van der Waals surface area contributed by atoms with Gasteiger partial charge in [0.05, 0.1) is 25.5 Å². The molecule has 0 radical (unpaired) electrons. The molecule has 0 aliphatic carbocycles. The zero-order valence-electron chi connectivity index (χ0n) is 13.0. The second kappa shape index (κ2) is 8.72. The molecule has 23 heavy (non-hydrogen) atoms. The van der Waals surface area contributed by atoms with Crippen LogP contribution in [-0.2, 0) is 24.2 Å². The quantitative estimate of drug-likeness (QED) is 0.853. The van der Waals surface area contributed by atoms with E-state index in [0.717, 1.165) is 16.7 Å². The van der Waals surface area contributed by atoms with Gasteiger partial charge in [-0.05, 0) is 16.7 Å². The van der Waals surface area contributed by atoms with E-state index in [4.69, 9.17) is 5.26 Å². The highest BCUT2D eigenvalue weighted by Gasteiger charge is 2.15. The smallest absolute Gasteiger partial charge is 0.227 e. The summed E-state index contributed by atoms with van der Waals surface area (Å²) in [7, 11) is 0. The molecule has 2 aromatic rings. The van der Waals surface area contributed by atoms with E-state index < -0.39 is 0 Å². The van der Waals surface area contributed by atoms with Crippen LogP contribution in [0.1, 0.15) is 16.7 Å². The molecule has 1 N–H and O–H groups in total. The van der Waals surface area contributed by atoms with E-state index in [1.165, 1.54) is 0 Å². The van der Waals surface area contributed by atoms with Gasteiger partial charge >= 0.3 is 0 Å². The lowest BCUT2D eigenvalue weighted by Crippen LogP contribution is -2.34. The van der Waals surface area contributed by atoms with Gasteiger partial charge in [-0.1, -0.05) is 54.6 Å². The van der Waals surface area contributed by atoms with E-state index in [2.05, 4.69) is 6.07 Å². The van der Waals surface area contributed by atoms with Crippen molar-refractivity contribution in [1.29, 1.82) is 5.26 Å². The van der Waals surface area contributed by atoms with Gasteiger partial charge in [0, 0.05) is 13.1 Å². The number of aliphatic hydroxyl groups excluding tert-OH is 1. The first-order valence-electron chi connectivity index (χ1n) is 7.61. The molecule has 0 aromatic heterocycles. The minimum atomic E-state index is -0.0710. The molecule has 0 atom stereocenters. The summed E-state index contributed by atoms with van der Waals surface area (Å²) in [4.78, 5) is 14.2. The van der Waals surface area contributed by atoms with E-state index >= 15 is 0 Å². The summed E-state index contributed by atoms with van der Waals surface area (Å²) in [6.07, 6.45) is 0.535. The average molecular weight is 308 g/mol. The number of nitriles is 1. The van der Waals surface area contributed by atoms with Crippen LogP contribution in [0.2, 0.25) is 0 Å². The van der Waals surface area contributed by atoms with Gasteiger partial charge in [0.15, 0.2) is 0 Å². The highest BCUT2D eigenvalue weighted by Crippen LogP contribution is 2.13. The minimum absolute atomic E-state index is 0.0479. The van der Waals surface area contributed by atoms with E-state index in [0.29, 0.717) is 19.5 Å². The third-order valence-electron chi connectivity index (χ3n) is 3.67. The van der Waals surface area contributed by atoms with Crippen LogP contribution in [0.3, 0.4) is 0 Å². The lowest BCUT2D eigenvalue weighted by Gasteiger charge is -2.22. The van der Waals surface area contributed by atoms with Crippen LogP contribution in [0.25, 0.3) is 0 Å². The normalized spacial score (nSPS) is 10.1.